The second-order valence-corrected chi connectivity index (χ2v) is 2.22. The summed E-state index contributed by atoms with van der Waals surface area (Å²) in [5, 5.41) is 0. The Labute approximate surface area is 74.7 Å². The number of nitrogens with zero attached hydrogens (tertiary/aromatic N) is 1. The van der Waals surface area contributed by atoms with Gasteiger partial charge in [-0.25, -0.2) is 0 Å². The first-order chi connectivity index (χ1) is 6.18. The molecule has 1 rings (SSSR count). The Morgan fingerprint density at radius 1 is 1.54 bits per heavy atom. The minimum atomic E-state index is -0.517. The van der Waals surface area contributed by atoms with Crippen molar-refractivity contribution in [1.82, 2.24) is 0 Å². The average Bonchev–Trinajstić information content (AvgIpc) is 2.51. The zero-order valence-electron chi connectivity index (χ0n) is 6.81. The summed E-state index contributed by atoms with van der Waals surface area (Å²) in [5.41, 5.74) is 9.98. The van der Waals surface area contributed by atoms with Crippen molar-refractivity contribution in [1.29, 1.82) is 0 Å². The van der Waals surface area contributed by atoms with E-state index in [1.165, 1.54) is 18.4 Å². The molecule has 1 aromatic rings. The van der Waals surface area contributed by atoms with Crippen LogP contribution in [0.2, 0.25) is 0 Å². The van der Waals surface area contributed by atoms with E-state index in [2.05, 4.69) is 4.99 Å². The average molecular weight is 179 g/mol. The van der Waals surface area contributed by atoms with Gasteiger partial charge in [-0.15, -0.1) is 0 Å². The molecule has 1 amide bonds. The second kappa shape index (κ2) is 4.10. The third-order valence-corrected chi connectivity index (χ3v) is 1.17. The van der Waals surface area contributed by atoms with Gasteiger partial charge in [0, 0.05) is 6.08 Å². The monoisotopic (exact) mass is 179 g/mol. The van der Waals surface area contributed by atoms with Crippen LogP contribution in [0.1, 0.15) is 5.76 Å². The van der Waals surface area contributed by atoms with Gasteiger partial charge in [-0.2, -0.15) is 4.99 Å². The summed E-state index contributed by atoms with van der Waals surface area (Å²) < 4.78 is 4.94. The highest BCUT2D eigenvalue weighted by Crippen LogP contribution is 2.01. The first-order valence-corrected chi connectivity index (χ1v) is 3.53. The molecule has 0 spiro atoms. The summed E-state index contributed by atoms with van der Waals surface area (Å²) in [5.74, 6) is -0.204. The summed E-state index contributed by atoms with van der Waals surface area (Å²) in [6.07, 6.45) is 4.21. The molecular formula is C8H9N3O2. The van der Waals surface area contributed by atoms with Crippen molar-refractivity contribution in [3.8, 4) is 0 Å². The number of nitrogens with two attached hydrogens (primary N) is 2. The molecular weight excluding hydrogens is 170 g/mol. The van der Waals surface area contributed by atoms with Crippen LogP contribution in [0.25, 0.3) is 6.08 Å². The summed E-state index contributed by atoms with van der Waals surface area (Å²) >= 11 is 0. The van der Waals surface area contributed by atoms with Gasteiger partial charge < -0.3 is 15.9 Å². The van der Waals surface area contributed by atoms with E-state index in [9.17, 15) is 4.79 Å². The summed E-state index contributed by atoms with van der Waals surface area (Å²) in [7, 11) is 0. The molecule has 5 nitrogen and oxygen atoms in total. The number of hydrogen-bond donors (Lipinski definition) is 2. The summed E-state index contributed by atoms with van der Waals surface area (Å²) in [6.45, 7) is 0. The molecule has 0 bridgehead atoms. The predicted molar refractivity (Wildman–Crippen MR) is 48.6 cm³/mol. The van der Waals surface area contributed by atoms with Crippen LogP contribution in [0.3, 0.4) is 0 Å². The van der Waals surface area contributed by atoms with Gasteiger partial charge >= 0.3 is 0 Å². The predicted octanol–water partition coefficient (Wildman–Crippen LogP) is 0.0928. The molecule has 0 aliphatic carbocycles. The van der Waals surface area contributed by atoms with E-state index in [0.29, 0.717) is 5.76 Å². The number of hydrogen-bond acceptors (Lipinski definition) is 2. The lowest BCUT2D eigenvalue weighted by Crippen LogP contribution is -2.23. The zero-order chi connectivity index (χ0) is 9.68. The van der Waals surface area contributed by atoms with E-state index >= 15 is 0 Å². The van der Waals surface area contributed by atoms with Crippen molar-refractivity contribution in [2.45, 2.75) is 0 Å². The molecule has 0 fully saturated rings. The van der Waals surface area contributed by atoms with Crippen molar-refractivity contribution in [3.63, 3.8) is 0 Å². The van der Waals surface area contributed by atoms with Gasteiger partial charge in [0.15, 0.2) is 5.96 Å². The number of carbonyl (C=O) groups excluding carboxylic acids is 1. The third-order valence-electron chi connectivity index (χ3n) is 1.17. The Bertz CT molecular complexity index is 334. The molecule has 13 heavy (non-hydrogen) atoms. The Hall–Kier alpha value is -2.04. The number of furan rings is 1. The maximum absolute atomic E-state index is 10.9. The Balaban J connectivity index is 2.59. The number of guanidine groups is 1. The minimum absolute atomic E-state index is 0.255. The molecule has 1 heterocycles. The number of rotatable bonds is 2. The summed E-state index contributed by atoms with van der Waals surface area (Å²) in [6, 6.07) is 3.42. The van der Waals surface area contributed by atoms with Crippen molar-refractivity contribution < 1.29 is 9.21 Å². The molecule has 1 aromatic heterocycles. The zero-order valence-corrected chi connectivity index (χ0v) is 6.81. The maximum Gasteiger partial charge on any atom is 0.273 e. The fourth-order valence-corrected chi connectivity index (χ4v) is 0.704. The topological polar surface area (TPSA) is 94.6 Å². The van der Waals surface area contributed by atoms with Crippen LogP contribution < -0.4 is 11.5 Å². The van der Waals surface area contributed by atoms with Crippen molar-refractivity contribution >= 4 is 17.9 Å². The van der Waals surface area contributed by atoms with Gasteiger partial charge in [0.1, 0.15) is 5.76 Å². The first-order valence-electron chi connectivity index (χ1n) is 3.53. The van der Waals surface area contributed by atoms with Crippen LogP contribution in [-0.2, 0) is 4.79 Å². The standard InChI is InChI=1S/C8H9N3O2/c9-8(10)11-7(12)4-3-6-2-1-5-13-6/h1-5H,(H4,9,10,11,12). The quantitative estimate of drug-likeness (QED) is 0.382. The largest absolute Gasteiger partial charge is 0.465 e. The maximum atomic E-state index is 10.9. The number of carbonyl (C=O) groups is 1. The number of amides is 1. The van der Waals surface area contributed by atoms with Crippen molar-refractivity contribution in [2.24, 2.45) is 16.5 Å². The lowest BCUT2D eigenvalue weighted by molar-refractivity contribution is -0.113. The molecule has 0 aliphatic heterocycles. The van der Waals surface area contributed by atoms with Crippen LogP contribution in [0.15, 0.2) is 33.9 Å². The van der Waals surface area contributed by atoms with E-state index < -0.39 is 5.91 Å². The van der Waals surface area contributed by atoms with Crippen molar-refractivity contribution in [2.75, 3.05) is 0 Å². The van der Waals surface area contributed by atoms with Gasteiger partial charge in [-0.3, -0.25) is 4.79 Å². The highest BCUT2D eigenvalue weighted by Gasteiger charge is 1.93. The molecule has 68 valence electrons. The van der Waals surface area contributed by atoms with Gasteiger partial charge in [-0.1, -0.05) is 0 Å². The van der Waals surface area contributed by atoms with E-state index in [4.69, 9.17) is 15.9 Å². The minimum Gasteiger partial charge on any atom is -0.465 e. The SMILES string of the molecule is NC(N)=NC(=O)C=Cc1ccco1. The van der Waals surface area contributed by atoms with Crippen LogP contribution in [-0.4, -0.2) is 11.9 Å². The van der Waals surface area contributed by atoms with E-state index in [1.54, 1.807) is 12.1 Å². The third kappa shape index (κ3) is 3.24. The smallest absolute Gasteiger partial charge is 0.273 e. The lowest BCUT2D eigenvalue weighted by atomic mass is 10.4. The Kier molecular flexibility index (Phi) is 2.86. The van der Waals surface area contributed by atoms with Crippen LogP contribution in [0.4, 0.5) is 0 Å². The highest BCUT2D eigenvalue weighted by atomic mass is 16.3. The number of aliphatic imine (C=N–C) groups is 1. The second-order valence-electron chi connectivity index (χ2n) is 2.22. The molecule has 0 saturated carbocycles. The van der Waals surface area contributed by atoms with Gasteiger partial charge in [-0.05, 0) is 18.2 Å². The van der Waals surface area contributed by atoms with E-state index in [0.717, 1.165) is 0 Å². The normalized spacial score (nSPS) is 10.2. The molecule has 0 saturated heterocycles. The van der Waals surface area contributed by atoms with Crippen LogP contribution in [0.5, 0.6) is 0 Å². The van der Waals surface area contributed by atoms with E-state index in [-0.39, 0.29) is 5.96 Å². The molecule has 5 heteroatoms. The molecule has 0 unspecified atom stereocenters. The van der Waals surface area contributed by atoms with E-state index in [1.807, 2.05) is 0 Å². The molecule has 0 radical (unpaired) electrons. The molecule has 0 aromatic carbocycles. The summed E-state index contributed by atoms with van der Waals surface area (Å²) in [4.78, 5) is 14.2. The van der Waals surface area contributed by atoms with Gasteiger partial charge in [0.2, 0.25) is 0 Å². The lowest BCUT2D eigenvalue weighted by Gasteiger charge is -1.86. The van der Waals surface area contributed by atoms with Crippen LogP contribution >= 0.6 is 0 Å². The molecule has 0 aliphatic rings. The van der Waals surface area contributed by atoms with Gasteiger partial charge in [0.25, 0.3) is 5.91 Å². The van der Waals surface area contributed by atoms with Gasteiger partial charge in [0.05, 0.1) is 6.26 Å². The fourth-order valence-electron chi connectivity index (χ4n) is 0.704. The Morgan fingerprint density at radius 2 is 2.31 bits per heavy atom. The first kappa shape index (κ1) is 9.05. The highest BCUT2D eigenvalue weighted by molar-refractivity contribution is 5.99. The van der Waals surface area contributed by atoms with Crippen LogP contribution in [0, 0.1) is 0 Å². The molecule has 4 N–H and O–H groups in total. The molecule has 0 atom stereocenters. The van der Waals surface area contributed by atoms with Crippen molar-refractivity contribution in [3.05, 3.63) is 30.2 Å². The fraction of sp³-hybridized carbons (Fsp3) is 0. The Morgan fingerprint density at radius 3 is 2.85 bits per heavy atom.